The van der Waals surface area contributed by atoms with Gasteiger partial charge in [-0.1, -0.05) is 61.5 Å². The van der Waals surface area contributed by atoms with Gasteiger partial charge in [-0.3, -0.25) is 43.5 Å². The topological polar surface area (TPSA) is 467 Å². The van der Waals surface area contributed by atoms with Crippen LogP contribution in [0.4, 0.5) is 5.69 Å². The van der Waals surface area contributed by atoms with Crippen molar-refractivity contribution in [2.75, 3.05) is 38.2 Å². The molecule has 20 N–H and O–H groups in total. The van der Waals surface area contributed by atoms with Crippen molar-refractivity contribution in [1.29, 1.82) is 0 Å². The lowest BCUT2D eigenvalue weighted by Crippen LogP contribution is -2.70. The Kier molecular flexibility index (Phi) is 18.8. The van der Waals surface area contributed by atoms with Crippen LogP contribution in [0.15, 0.2) is 88.8 Å². The zero-order valence-corrected chi connectivity index (χ0v) is 41.7. The molecule has 29 nitrogen and oxygen atoms in total. The summed E-state index contributed by atoms with van der Waals surface area (Å²) in [4.78, 5) is 109. The number of rotatable bonds is 13. The lowest BCUT2D eigenvalue weighted by molar-refractivity contribution is -0.260. The number of aliphatic imine (C=N–C) groups is 2. The monoisotopic (exact) mass is 1090 g/mol. The van der Waals surface area contributed by atoms with Gasteiger partial charge in [-0.05, 0) is 35.4 Å². The van der Waals surface area contributed by atoms with Crippen LogP contribution in [0, 0.1) is 0 Å². The number of nitrogens with two attached hydrogens (primary N) is 2. The number of carbonyl (C=O) groups is 7. The maximum Gasteiger partial charge on any atom is 0.255 e. The summed E-state index contributed by atoms with van der Waals surface area (Å²) in [6.07, 6.45) is -13.9. The minimum atomic E-state index is -2.30. The first kappa shape index (κ1) is 57.7. The van der Waals surface area contributed by atoms with Crippen LogP contribution in [0.25, 0.3) is 0 Å². The summed E-state index contributed by atoms with van der Waals surface area (Å²) < 4.78 is 5.68. The number of anilines is 1. The zero-order chi connectivity index (χ0) is 56.5. The van der Waals surface area contributed by atoms with Gasteiger partial charge in [0.2, 0.25) is 35.4 Å². The average Bonchev–Trinajstić information content (AvgIpc) is 4.07. The van der Waals surface area contributed by atoms with Gasteiger partial charge in [-0.2, -0.15) is 0 Å². The number of aliphatic hydroxyl groups excluding tert-OH is 7. The van der Waals surface area contributed by atoms with Crippen LogP contribution in [-0.2, 0) is 39.9 Å². The van der Waals surface area contributed by atoms with Crippen LogP contribution >= 0.6 is 0 Å². The third kappa shape index (κ3) is 13.2. The van der Waals surface area contributed by atoms with Crippen molar-refractivity contribution < 1.29 is 79.2 Å². The highest BCUT2D eigenvalue weighted by molar-refractivity contribution is 6.05. The average molecular weight is 1090 g/mol. The molecular formula is C49H63N13O16. The van der Waals surface area contributed by atoms with Crippen LogP contribution in [0.2, 0.25) is 0 Å². The maximum absolute atomic E-state index is 15.0. The Morgan fingerprint density at radius 1 is 0.718 bits per heavy atom. The number of aromatic hydroxyl groups is 1. The molecule has 0 aliphatic carbocycles. The van der Waals surface area contributed by atoms with E-state index in [-0.39, 0.29) is 35.1 Å². The molecule has 0 radical (unpaired) electrons. The third-order valence-corrected chi connectivity index (χ3v) is 13.7. The molecule has 0 bridgehead atoms. The maximum atomic E-state index is 15.0. The van der Waals surface area contributed by atoms with E-state index in [4.69, 9.17) is 16.2 Å². The summed E-state index contributed by atoms with van der Waals surface area (Å²) in [6, 6.07) is 7.78. The van der Waals surface area contributed by atoms with Gasteiger partial charge in [0.25, 0.3) is 5.91 Å². The van der Waals surface area contributed by atoms with Gasteiger partial charge < -0.3 is 104 Å². The molecule has 4 aliphatic heterocycles. The second kappa shape index (κ2) is 25.4. The van der Waals surface area contributed by atoms with E-state index in [0.29, 0.717) is 5.56 Å². The van der Waals surface area contributed by atoms with Gasteiger partial charge in [0, 0.05) is 17.9 Å². The van der Waals surface area contributed by atoms with E-state index in [0.717, 1.165) is 4.90 Å². The van der Waals surface area contributed by atoms with E-state index in [1.165, 1.54) is 30.3 Å². The normalized spacial score (nSPS) is 29.8. The van der Waals surface area contributed by atoms with Crippen molar-refractivity contribution in [3.8, 4) is 5.75 Å². The molecule has 29 heteroatoms. The summed E-state index contributed by atoms with van der Waals surface area (Å²) in [5, 5.41) is 107. The van der Waals surface area contributed by atoms with E-state index >= 15 is 0 Å². The second-order valence-corrected chi connectivity index (χ2v) is 19.0. The number of nitrogens with zero attached hydrogens (tertiary/aromatic N) is 3. The fourth-order valence-electron chi connectivity index (χ4n) is 9.30. The summed E-state index contributed by atoms with van der Waals surface area (Å²) in [6.45, 7) is -2.08. The predicted octanol–water partition coefficient (Wildman–Crippen LogP) is -7.66. The fourth-order valence-corrected chi connectivity index (χ4v) is 9.30. The fraction of sp³-hybridized carbons (Fsp3) is 0.449. The number of nitrogens with one attached hydrogen (secondary N) is 8. The number of aliphatic hydroxyl groups is 7. The Labute approximate surface area is 444 Å². The zero-order valence-electron chi connectivity index (χ0n) is 41.7. The first-order valence-corrected chi connectivity index (χ1v) is 24.6. The number of hydrogen-bond acceptors (Lipinski definition) is 22. The lowest BCUT2D eigenvalue weighted by atomic mass is 9.92. The highest BCUT2D eigenvalue weighted by atomic mass is 16.6. The van der Waals surface area contributed by atoms with Crippen LogP contribution in [0.3, 0.4) is 0 Å². The smallest absolute Gasteiger partial charge is 0.255 e. The molecule has 0 spiro atoms. The summed E-state index contributed by atoms with van der Waals surface area (Å²) >= 11 is 0. The molecule has 78 heavy (non-hydrogen) atoms. The van der Waals surface area contributed by atoms with Crippen LogP contribution in [-0.4, -0.2) is 217 Å². The standard InChI is InChI=1S/C49H63N13O16/c1-21(23-8-4-2-5-9-23)33-44(75)56-26(15-22-12-13-30(65)25(14-22)55-41(72)24-10-6-3-7-11-24)43(74)60-34(36(67)27-16-53-48(50)58-27)46(77)61-35(45(76)57-28(19-63)42(73)52-18-32(66)59-33)37(68)29-17-54-49(51)62(29)47-40(71)39(70)38(69)31(20-64)78-47/h2-14,21,26-29,31,33-40,47,63-65,67-71H,15-20H2,1H3,(H2,51,54)(H,52,73)(H,55,72)(H,56,75)(H,57,76)(H,59,66)(H,60,74)(H,61,77)(H3,50,53,58)/t21?,26-,27?,28+,29?,31-,33+,34+,35-,36?,37?,38-,39+,40+,47+/m1/s1. The van der Waals surface area contributed by atoms with Crippen molar-refractivity contribution in [1.82, 2.24) is 42.1 Å². The summed E-state index contributed by atoms with van der Waals surface area (Å²) in [5.41, 5.74) is 12.9. The number of hydrogen-bond donors (Lipinski definition) is 18. The Hall–Kier alpha value is -8.03. The van der Waals surface area contributed by atoms with Crippen molar-refractivity contribution in [3.63, 3.8) is 0 Å². The van der Waals surface area contributed by atoms with Gasteiger partial charge in [-0.25, -0.2) is 0 Å². The van der Waals surface area contributed by atoms with E-state index in [2.05, 4.69) is 52.5 Å². The minimum absolute atomic E-state index is 0.110. The van der Waals surface area contributed by atoms with Gasteiger partial charge in [-0.15, -0.1) is 0 Å². The molecule has 4 heterocycles. The first-order valence-electron chi connectivity index (χ1n) is 24.6. The SMILES string of the molecule is CC(c1ccccc1)[C@@H]1NC(=O)CNC(=O)[C@H](CO)NC(=O)[C@@H](C(O)C2CN=C(N)N2[C@H]2O[C@H](CO)[C@@H](O)[C@H](O)[C@@H]2O)NC(=O)[C@H](C(O)C2CN=C(N)N2)NC(=O)[C@@H](Cc2ccc(O)c(NC(=O)c3ccccc3)c2)NC1=O. The highest BCUT2D eigenvalue weighted by Gasteiger charge is 2.52. The molecule has 3 aromatic carbocycles. The molecule has 7 amide bonds. The number of ether oxygens (including phenoxy) is 1. The molecule has 15 atom stereocenters. The van der Waals surface area contributed by atoms with E-state index in [1.54, 1.807) is 55.5 Å². The van der Waals surface area contributed by atoms with Crippen molar-refractivity contribution in [2.45, 2.75) is 104 Å². The number of guanidine groups is 2. The number of phenols is 1. The lowest BCUT2D eigenvalue weighted by Gasteiger charge is -2.46. The van der Waals surface area contributed by atoms with Gasteiger partial charge in [0.15, 0.2) is 18.1 Å². The van der Waals surface area contributed by atoms with Crippen molar-refractivity contribution in [2.24, 2.45) is 21.5 Å². The molecule has 2 saturated heterocycles. The predicted molar refractivity (Wildman–Crippen MR) is 272 cm³/mol. The molecule has 3 aromatic rings. The van der Waals surface area contributed by atoms with E-state index in [1.807, 2.05) is 0 Å². The van der Waals surface area contributed by atoms with Crippen LogP contribution < -0.4 is 54.0 Å². The number of carbonyl (C=O) groups excluding carboxylic acids is 7. The number of benzene rings is 3. The van der Waals surface area contributed by atoms with E-state index < -0.39 is 171 Å². The molecule has 7 rings (SSSR count). The molecule has 2 fully saturated rings. The molecule has 0 aromatic heterocycles. The molecule has 5 unspecified atom stereocenters. The quantitative estimate of drug-likeness (QED) is 0.0707. The minimum Gasteiger partial charge on any atom is -0.506 e. The summed E-state index contributed by atoms with van der Waals surface area (Å²) in [7, 11) is 0. The largest absolute Gasteiger partial charge is 0.506 e. The van der Waals surface area contributed by atoms with E-state index in [9.17, 15) is 74.4 Å². The van der Waals surface area contributed by atoms with Crippen molar-refractivity contribution in [3.05, 3.63) is 95.6 Å². The highest BCUT2D eigenvalue weighted by Crippen LogP contribution is 2.30. The first-order chi connectivity index (χ1) is 37.2. The molecular weight excluding hydrogens is 1030 g/mol. The number of phenolic OH excluding ortho intramolecular Hbond substituents is 1. The van der Waals surface area contributed by atoms with Crippen LogP contribution in [0.1, 0.15) is 34.3 Å². The molecule has 4 aliphatic rings. The van der Waals surface area contributed by atoms with Gasteiger partial charge in [0.1, 0.15) is 72.6 Å². The van der Waals surface area contributed by atoms with Crippen molar-refractivity contribution >= 4 is 59.0 Å². The Balaban J connectivity index is 1.29. The van der Waals surface area contributed by atoms with Crippen LogP contribution in [0.5, 0.6) is 5.75 Å². The Morgan fingerprint density at radius 3 is 2.00 bits per heavy atom. The Bertz CT molecular complexity index is 2740. The third-order valence-electron chi connectivity index (χ3n) is 13.7. The number of amides is 7. The second-order valence-electron chi connectivity index (χ2n) is 19.0. The van der Waals surface area contributed by atoms with Gasteiger partial charge >= 0.3 is 0 Å². The van der Waals surface area contributed by atoms with Gasteiger partial charge in [0.05, 0.1) is 50.6 Å². The molecule has 0 saturated carbocycles. The summed E-state index contributed by atoms with van der Waals surface area (Å²) in [5.74, 6) is -9.60. The Morgan fingerprint density at radius 2 is 1.35 bits per heavy atom. The molecule has 420 valence electrons.